The van der Waals surface area contributed by atoms with E-state index >= 15 is 0 Å². The minimum atomic E-state index is -5.32. The Balaban J connectivity index is 2.85. The van der Waals surface area contributed by atoms with Gasteiger partial charge in [-0.2, -0.15) is 13.2 Å². The summed E-state index contributed by atoms with van der Waals surface area (Å²) in [5.74, 6) is 0. The fourth-order valence-corrected chi connectivity index (χ4v) is 2.41. The average Bonchev–Trinajstić information content (AvgIpc) is 2.44. The molecule has 0 unspecified atom stereocenters. The maximum absolute atomic E-state index is 12.4. The van der Waals surface area contributed by atoms with Gasteiger partial charge in [-0.25, -0.2) is 8.42 Å². The number of sulfone groups is 1. The fourth-order valence-electron chi connectivity index (χ4n) is 1.65. The van der Waals surface area contributed by atoms with Crippen molar-refractivity contribution in [2.75, 3.05) is 11.9 Å². The van der Waals surface area contributed by atoms with Crippen LogP contribution in [0.15, 0.2) is 29.2 Å². The van der Waals surface area contributed by atoms with Crippen LogP contribution in [0.2, 0.25) is 0 Å². The van der Waals surface area contributed by atoms with E-state index < -0.39 is 25.8 Å². The summed E-state index contributed by atoms with van der Waals surface area (Å²) in [6.07, 6.45) is 1.05. The summed E-state index contributed by atoms with van der Waals surface area (Å²) in [5.41, 5.74) is -5.78. The lowest BCUT2D eigenvalue weighted by molar-refractivity contribution is -0.0436. The molecule has 1 rings (SSSR count). The zero-order valence-corrected chi connectivity index (χ0v) is 12.6. The van der Waals surface area contributed by atoms with Crippen LogP contribution in [0.5, 0.6) is 0 Å². The largest absolute Gasteiger partial charge is 0.501 e. The first-order valence-corrected chi connectivity index (χ1v) is 7.92. The second-order valence-corrected chi connectivity index (χ2v) is 6.70. The second kappa shape index (κ2) is 6.23. The first-order valence-electron chi connectivity index (χ1n) is 6.43. The standard InChI is InChI=1S/C13H18F3NO3S/c1-3-12(18,4-2)9-17-10-5-7-11(8-6-10)21(19,20)13(14,15)16/h5-8,17-18H,3-4,9H2,1-2H3. The third-order valence-corrected chi connectivity index (χ3v) is 4.91. The molecule has 0 atom stereocenters. The third kappa shape index (κ3) is 4.10. The zero-order valence-electron chi connectivity index (χ0n) is 11.7. The predicted molar refractivity (Wildman–Crippen MR) is 73.7 cm³/mol. The number of benzene rings is 1. The van der Waals surface area contributed by atoms with Gasteiger partial charge in [-0.3, -0.25) is 0 Å². The molecule has 0 spiro atoms. The monoisotopic (exact) mass is 325 g/mol. The fraction of sp³-hybridized carbons (Fsp3) is 0.538. The van der Waals surface area contributed by atoms with Gasteiger partial charge in [0.2, 0.25) is 0 Å². The molecule has 0 aliphatic carbocycles. The van der Waals surface area contributed by atoms with Gasteiger partial charge in [-0.1, -0.05) is 13.8 Å². The van der Waals surface area contributed by atoms with Crippen LogP contribution in [0, 0.1) is 0 Å². The Labute approximate surface area is 121 Å². The Morgan fingerprint density at radius 3 is 1.95 bits per heavy atom. The average molecular weight is 325 g/mol. The lowest BCUT2D eigenvalue weighted by atomic mass is 9.97. The maximum atomic E-state index is 12.4. The Morgan fingerprint density at radius 2 is 1.57 bits per heavy atom. The first kappa shape index (κ1) is 17.8. The van der Waals surface area contributed by atoms with Crippen LogP contribution in [-0.2, 0) is 9.84 Å². The molecule has 21 heavy (non-hydrogen) atoms. The number of rotatable bonds is 6. The minimum absolute atomic E-state index is 0.228. The normalized spacial score (nSPS) is 13.2. The second-order valence-electron chi connectivity index (χ2n) is 4.76. The molecule has 2 N–H and O–H groups in total. The van der Waals surface area contributed by atoms with Crippen molar-refractivity contribution >= 4 is 15.5 Å². The number of halogens is 3. The van der Waals surface area contributed by atoms with Gasteiger partial charge in [-0.05, 0) is 37.1 Å². The van der Waals surface area contributed by atoms with Crippen molar-refractivity contribution < 1.29 is 26.7 Å². The topological polar surface area (TPSA) is 66.4 Å². The number of aliphatic hydroxyl groups is 1. The van der Waals surface area contributed by atoms with Gasteiger partial charge >= 0.3 is 5.51 Å². The smallest absolute Gasteiger partial charge is 0.388 e. The number of anilines is 1. The highest BCUT2D eigenvalue weighted by molar-refractivity contribution is 7.92. The Bertz CT molecular complexity index is 563. The van der Waals surface area contributed by atoms with E-state index in [4.69, 9.17) is 0 Å². The van der Waals surface area contributed by atoms with E-state index in [-0.39, 0.29) is 6.54 Å². The quantitative estimate of drug-likeness (QED) is 0.844. The third-order valence-electron chi connectivity index (χ3n) is 3.41. The lowest BCUT2D eigenvalue weighted by Gasteiger charge is -2.26. The summed E-state index contributed by atoms with van der Waals surface area (Å²) in [6.45, 7) is 3.87. The van der Waals surface area contributed by atoms with E-state index in [1.165, 1.54) is 12.1 Å². The molecule has 0 radical (unpaired) electrons. The number of hydrogen-bond acceptors (Lipinski definition) is 4. The molecule has 0 saturated heterocycles. The van der Waals surface area contributed by atoms with E-state index in [9.17, 15) is 26.7 Å². The summed E-state index contributed by atoms with van der Waals surface area (Å²) < 4.78 is 59.5. The van der Waals surface area contributed by atoms with Gasteiger partial charge in [0.15, 0.2) is 0 Å². The van der Waals surface area contributed by atoms with Gasteiger partial charge in [-0.15, -0.1) is 0 Å². The van der Waals surface area contributed by atoms with Gasteiger partial charge in [0.1, 0.15) is 0 Å². The highest BCUT2D eigenvalue weighted by Gasteiger charge is 2.46. The molecule has 1 aromatic carbocycles. The predicted octanol–water partition coefficient (Wildman–Crippen LogP) is 2.94. The van der Waals surface area contributed by atoms with Crippen molar-refractivity contribution in [3.05, 3.63) is 24.3 Å². The SMILES string of the molecule is CCC(O)(CC)CNc1ccc(S(=O)(=O)C(F)(F)F)cc1. The molecule has 0 aliphatic heterocycles. The van der Waals surface area contributed by atoms with Gasteiger partial charge in [0, 0.05) is 12.2 Å². The molecule has 8 heteroatoms. The van der Waals surface area contributed by atoms with Crippen LogP contribution in [0.4, 0.5) is 18.9 Å². The summed E-state index contributed by atoms with van der Waals surface area (Å²) in [6, 6.07) is 4.26. The molecule has 1 aromatic rings. The highest BCUT2D eigenvalue weighted by atomic mass is 32.2. The lowest BCUT2D eigenvalue weighted by Crippen LogP contribution is -2.35. The van der Waals surface area contributed by atoms with E-state index in [0.29, 0.717) is 18.5 Å². The Morgan fingerprint density at radius 1 is 1.10 bits per heavy atom. The van der Waals surface area contributed by atoms with E-state index in [1.54, 1.807) is 0 Å². The molecule has 4 nitrogen and oxygen atoms in total. The first-order chi connectivity index (χ1) is 9.55. The summed E-state index contributed by atoms with van der Waals surface area (Å²) in [7, 11) is -5.32. The molecular weight excluding hydrogens is 307 g/mol. The summed E-state index contributed by atoms with van der Waals surface area (Å²) in [4.78, 5) is -0.804. The minimum Gasteiger partial charge on any atom is -0.388 e. The molecule has 0 amide bonds. The Kier molecular flexibility index (Phi) is 5.27. The highest BCUT2D eigenvalue weighted by Crippen LogP contribution is 2.30. The molecule has 0 aliphatic rings. The molecule has 0 aromatic heterocycles. The molecule has 0 bridgehead atoms. The van der Waals surface area contributed by atoms with Gasteiger partial charge in [0.25, 0.3) is 9.84 Å². The van der Waals surface area contributed by atoms with Crippen molar-refractivity contribution in [1.82, 2.24) is 0 Å². The summed E-state index contributed by atoms with van der Waals surface area (Å²) in [5, 5.41) is 13.0. The van der Waals surface area contributed by atoms with Crippen LogP contribution >= 0.6 is 0 Å². The number of alkyl halides is 3. The number of hydrogen-bond donors (Lipinski definition) is 2. The van der Waals surface area contributed by atoms with E-state index in [0.717, 1.165) is 12.1 Å². The van der Waals surface area contributed by atoms with E-state index in [1.807, 2.05) is 13.8 Å². The van der Waals surface area contributed by atoms with Crippen molar-refractivity contribution in [3.63, 3.8) is 0 Å². The zero-order chi connectivity index (χ0) is 16.3. The molecule has 0 saturated carbocycles. The van der Waals surface area contributed by atoms with Gasteiger partial charge < -0.3 is 10.4 Å². The molecule has 0 fully saturated rings. The van der Waals surface area contributed by atoms with Crippen molar-refractivity contribution in [2.24, 2.45) is 0 Å². The number of nitrogens with one attached hydrogen (secondary N) is 1. The Hall–Kier alpha value is -1.28. The van der Waals surface area contributed by atoms with Crippen LogP contribution in [0.1, 0.15) is 26.7 Å². The maximum Gasteiger partial charge on any atom is 0.501 e. The van der Waals surface area contributed by atoms with Crippen LogP contribution < -0.4 is 5.32 Å². The van der Waals surface area contributed by atoms with Crippen molar-refractivity contribution in [2.45, 2.75) is 42.7 Å². The molecular formula is C13H18F3NO3S. The van der Waals surface area contributed by atoms with Crippen LogP contribution in [0.3, 0.4) is 0 Å². The molecule has 0 heterocycles. The molecule has 120 valence electrons. The van der Waals surface area contributed by atoms with Gasteiger partial charge in [0.05, 0.1) is 10.5 Å². The van der Waals surface area contributed by atoms with Crippen LogP contribution in [-0.4, -0.2) is 31.2 Å². The van der Waals surface area contributed by atoms with Crippen molar-refractivity contribution in [1.29, 1.82) is 0 Å². The van der Waals surface area contributed by atoms with Crippen molar-refractivity contribution in [3.8, 4) is 0 Å². The summed E-state index contributed by atoms with van der Waals surface area (Å²) >= 11 is 0. The van der Waals surface area contributed by atoms with E-state index in [2.05, 4.69) is 5.32 Å². The van der Waals surface area contributed by atoms with Crippen LogP contribution in [0.25, 0.3) is 0 Å².